The first-order valence-electron chi connectivity index (χ1n) is 11.4. The quantitative estimate of drug-likeness (QED) is 0.440. The van der Waals surface area contributed by atoms with Crippen LogP contribution in [0, 0.1) is 5.92 Å². The van der Waals surface area contributed by atoms with Gasteiger partial charge in [-0.15, -0.1) is 0 Å². The SMILES string of the molecule is CCOC(=O)CCNC(=O)C(c1ccccc1O)N(C(=O)CNC(=O)OC(C)(C)C)C1CC1C. The monoisotopic (exact) mass is 477 g/mol. The van der Waals surface area contributed by atoms with E-state index in [0.717, 1.165) is 0 Å². The number of carbonyl (C=O) groups excluding carboxylic acids is 4. The van der Waals surface area contributed by atoms with E-state index in [2.05, 4.69) is 10.6 Å². The molecule has 1 fully saturated rings. The zero-order chi connectivity index (χ0) is 25.5. The van der Waals surface area contributed by atoms with Crippen LogP contribution in [0.5, 0.6) is 5.75 Å². The van der Waals surface area contributed by atoms with Crippen LogP contribution in [0.25, 0.3) is 0 Å². The predicted octanol–water partition coefficient (Wildman–Crippen LogP) is 2.26. The van der Waals surface area contributed by atoms with E-state index < -0.39 is 35.5 Å². The molecule has 0 saturated heterocycles. The first-order valence-corrected chi connectivity index (χ1v) is 11.4. The van der Waals surface area contributed by atoms with Crippen molar-refractivity contribution in [2.75, 3.05) is 19.7 Å². The zero-order valence-corrected chi connectivity index (χ0v) is 20.4. The number of ether oxygens (including phenoxy) is 2. The Morgan fingerprint density at radius 1 is 1.18 bits per heavy atom. The number of aromatic hydroxyl groups is 1. The molecule has 3 amide bonds. The maximum absolute atomic E-state index is 13.3. The number of rotatable bonds is 10. The highest BCUT2D eigenvalue weighted by atomic mass is 16.6. The molecule has 3 unspecified atom stereocenters. The van der Waals surface area contributed by atoms with Crippen LogP contribution in [0.2, 0.25) is 0 Å². The van der Waals surface area contributed by atoms with Crippen LogP contribution < -0.4 is 10.6 Å². The number of hydrogen-bond donors (Lipinski definition) is 3. The second kappa shape index (κ2) is 11.7. The number of phenols is 1. The third kappa shape index (κ3) is 7.93. The summed E-state index contributed by atoms with van der Waals surface area (Å²) in [6.07, 6.45) is -0.0953. The zero-order valence-electron chi connectivity index (χ0n) is 20.4. The summed E-state index contributed by atoms with van der Waals surface area (Å²) in [5.74, 6) is -1.48. The first-order chi connectivity index (χ1) is 15.9. The number of carbonyl (C=O) groups is 4. The van der Waals surface area contributed by atoms with Crippen molar-refractivity contribution in [2.24, 2.45) is 5.92 Å². The molecule has 1 saturated carbocycles. The van der Waals surface area contributed by atoms with Gasteiger partial charge in [-0.3, -0.25) is 14.4 Å². The molecule has 34 heavy (non-hydrogen) atoms. The minimum atomic E-state index is -1.15. The lowest BCUT2D eigenvalue weighted by atomic mass is 10.0. The highest BCUT2D eigenvalue weighted by Gasteiger charge is 2.46. The molecular weight excluding hydrogens is 442 g/mol. The maximum atomic E-state index is 13.3. The van der Waals surface area contributed by atoms with Crippen LogP contribution in [0.15, 0.2) is 24.3 Å². The van der Waals surface area contributed by atoms with Gasteiger partial charge in [-0.25, -0.2) is 4.79 Å². The van der Waals surface area contributed by atoms with Crippen molar-refractivity contribution in [1.82, 2.24) is 15.5 Å². The Kier molecular flexibility index (Phi) is 9.28. The van der Waals surface area contributed by atoms with E-state index in [0.29, 0.717) is 6.42 Å². The van der Waals surface area contributed by atoms with Crippen molar-refractivity contribution >= 4 is 23.9 Å². The fourth-order valence-corrected chi connectivity index (χ4v) is 3.52. The first kappa shape index (κ1) is 26.9. The smallest absolute Gasteiger partial charge is 0.408 e. The Bertz CT molecular complexity index is 897. The number of nitrogens with one attached hydrogen (secondary N) is 2. The number of phenolic OH excluding ortho intramolecular Hbond substituents is 1. The molecule has 3 N–H and O–H groups in total. The number of nitrogens with zero attached hydrogens (tertiary/aromatic N) is 1. The molecule has 188 valence electrons. The van der Waals surface area contributed by atoms with Crippen LogP contribution in [0.3, 0.4) is 0 Å². The molecule has 10 heteroatoms. The van der Waals surface area contributed by atoms with E-state index in [-0.39, 0.29) is 49.4 Å². The number of amides is 3. The summed E-state index contributed by atoms with van der Waals surface area (Å²) in [4.78, 5) is 51.6. The lowest BCUT2D eigenvalue weighted by Gasteiger charge is -2.32. The van der Waals surface area contributed by atoms with E-state index >= 15 is 0 Å². The van der Waals surface area contributed by atoms with Gasteiger partial charge in [-0.1, -0.05) is 25.1 Å². The highest BCUT2D eigenvalue weighted by molar-refractivity contribution is 5.91. The van der Waals surface area contributed by atoms with Gasteiger partial charge < -0.3 is 30.1 Å². The molecule has 1 aromatic rings. The fraction of sp³-hybridized carbons (Fsp3) is 0.583. The number of para-hydroxylation sites is 1. The van der Waals surface area contributed by atoms with Crippen LogP contribution in [0.1, 0.15) is 59.1 Å². The largest absolute Gasteiger partial charge is 0.508 e. The summed E-state index contributed by atoms with van der Waals surface area (Å²) in [7, 11) is 0. The van der Waals surface area contributed by atoms with Gasteiger partial charge in [0.05, 0.1) is 13.0 Å². The summed E-state index contributed by atoms with van der Waals surface area (Å²) < 4.78 is 10.1. The Hall–Kier alpha value is -3.30. The van der Waals surface area contributed by atoms with E-state index in [4.69, 9.17) is 9.47 Å². The topological polar surface area (TPSA) is 134 Å². The second-order valence-corrected chi connectivity index (χ2v) is 9.24. The molecule has 0 heterocycles. The third-order valence-corrected chi connectivity index (χ3v) is 5.19. The van der Waals surface area contributed by atoms with Gasteiger partial charge in [0.15, 0.2) is 0 Å². The molecule has 0 aromatic heterocycles. The Morgan fingerprint density at radius 2 is 1.82 bits per heavy atom. The number of alkyl carbamates (subject to hydrolysis) is 1. The predicted molar refractivity (Wildman–Crippen MR) is 124 cm³/mol. The Balaban J connectivity index is 2.24. The second-order valence-electron chi connectivity index (χ2n) is 9.24. The molecule has 1 aromatic carbocycles. The lowest BCUT2D eigenvalue weighted by molar-refractivity contribution is -0.144. The summed E-state index contributed by atoms with van der Waals surface area (Å²) in [5.41, 5.74) is -0.476. The summed E-state index contributed by atoms with van der Waals surface area (Å²) in [6, 6.07) is 4.89. The van der Waals surface area contributed by atoms with Crippen LogP contribution in [0.4, 0.5) is 4.79 Å². The standard InChI is InChI=1S/C24H35N3O7/c1-6-33-20(30)11-12-25-22(31)21(16-9-7-8-10-18(16)28)27(17-13-15(17)2)19(29)14-26-23(32)34-24(3,4)5/h7-10,15,17,21,28H,6,11-14H2,1-5H3,(H,25,31)(H,26,32). The summed E-state index contributed by atoms with van der Waals surface area (Å²) in [5, 5.41) is 15.6. The average molecular weight is 478 g/mol. The fourth-order valence-electron chi connectivity index (χ4n) is 3.52. The van der Waals surface area contributed by atoms with Crippen molar-refractivity contribution in [1.29, 1.82) is 0 Å². The minimum Gasteiger partial charge on any atom is -0.508 e. The molecule has 10 nitrogen and oxygen atoms in total. The number of esters is 1. The molecule has 1 aliphatic carbocycles. The van der Waals surface area contributed by atoms with Crippen molar-refractivity contribution in [3.05, 3.63) is 29.8 Å². The number of hydrogen-bond acceptors (Lipinski definition) is 7. The Morgan fingerprint density at radius 3 is 2.38 bits per heavy atom. The molecule has 3 atom stereocenters. The lowest BCUT2D eigenvalue weighted by Crippen LogP contribution is -2.49. The van der Waals surface area contributed by atoms with Gasteiger partial charge >= 0.3 is 12.1 Å². The van der Waals surface area contributed by atoms with E-state index in [9.17, 15) is 24.3 Å². The molecule has 2 rings (SSSR count). The normalized spacial score (nSPS) is 17.8. The molecule has 0 bridgehead atoms. The van der Waals surface area contributed by atoms with Gasteiger partial charge in [-0.2, -0.15) is 0 Å². The van der Waals surface area contributed by atoms with Gasteiger partial charge in [0.25, 0.3) is 0 Å². The Labute approximate surface area is 200 Å². The van der Waals surface area contributed by atoms with Crippen molar-refractivity contribution in [3.8, 4) is 5.75 Å². The molecule has 0 radical (unpaired) electrons. The van der Waals surface area contributed by atoms with Crippen molar-refractivity contribution in [2.45, 2.75) is 65.1 Å². The van der Waals surface area contributed by atoms with E-state index in [1.807, 2.05) is 6.92 Å². The van der Waals surface area contributed by atoms with Gasteiger partial charge in [0, 0.05) is 18.2 Å². The number of benzene rings is 1. The van der Waals surface area contributed by atoms with Crippen LogP contribution >= 0.6 is 0 Å². The molecular formula is C24H35N3O7. The highest BCUT2D eigenvalue weighted by Crippen LogP contribution is 2.41. The maximum Gasteiger partial charge on any atom is 0.408 e. The van der Waals surface area contributed by atoms with E-state index in [1.165, 1.54) is 11.0 Å². The minimum absolute atomic E-state index is 0.0141. The van der Waals surface area contributed by atoms with Crippen LogP contribution in [-0.2, 0) is 23.9 Å². The van der Waals surface area contributed by atoms with Gasteiger partial charge in [0.1, 0.15) is 23.9 Å². The summed E-state index contributed by atoms with van der Waals surface area (Å²) in [6.45, 7) is 8.64. The van der Waals surface area contributed by atoms with Gasteiger partial charge in [-0.05, 0) is 46.1 Å². The average Bonchev–Trinajstić information content (AvgIpc) is 3.45. The molecule has 0 spiro atoms. The van der Waals surface area contributed by atoms with E-state index in [1.54, 1.807) is 45.9 Å². The van der Waals surface area contributed by atoms with Crippen molar-refractivity contribution < 1.29 is 33.8 Å². The summed E-state index contributed by atoms with van der Waals surface area (Å²) >= 11 is 0. The van der Waals surface area contributed by atoms with Gasteiger partial charge in [0.2, 0.25) is 11.8 Å². The van der Waals surface area contributed by atoms with Crippen LogP contribution in [-0.4, -0.2) is 65.2 Å². The molecule has 1 aliphatic rings. The van der Waals surface area contributed by atoms with Crippen molar-refractivity contribution in [3.63, 3.8) is 0 Å². The third-order valence-electron chi connectivity index (χ3n) is 5.19. The molecule has 0 aliphatic heterocycles.